The summed E-state index contributed by atoms with van der Waals surface area (Å²) in [5.41, 5.74) is 1.16. The number of aliphatic hydroxyl groups excluding tert-OH is 1. The summed E-state index contributed by atoms with van der Waals surface area (Å²) in [7, 11) is 0. The molecule has 0 bridgehead atoms. The first kappa shape index (κ1) is 15.3. The van der Waals surface area contributed by atoms with Gasteiger partial charge >= 0.3 is 0 Å². The number of anilines is 2. The Hall–Kier alpha value is -2.58. The molecule has 0 atom stereocenters. The van der Waals surface area contributed by atoms with E-state index in [0.29, 0.717) is 5.69 Å². The summed E-state index contributed by atoms with van der Waals surface area (Å²) in [6, 6.07) is 17.6. The van der Waals surface area contributed by atoms with E-state index < -0.39 is 0 Å². The van der Waals surface area contributed by atoms with Crippen LogP contribution in [0.5, 0.6) is 0 Å². The van der Waals surface area contributed by atoms with Crippen molar-refractivity contribution in [2.75, 3.05) is 29.9 Å². The quantitative estimate of drug-likeness (QED) is 0.907. The van der Waals surface area contributed by atoms with Crippen molar-refractivity contribution < 1.29 is 5.11 Å². The van der Waals surface area contributed by atoms with Crippen LogP contribution in [0.25, 0.3) is 0 Å². The highest BCUT2D eigenvalue weighted by molar-refractivity contribution is 5.47. The second-order valence-corrected chi connectivity index (χ2v) is 5.91. The van der Waals surface area contributed by atoms with Crippen LogP contribution in [0.3, 0.4) is 0 Å². The zero-order valence-corrected chi connectivity index (χ0v) is 12.9. The van der Waals surface area contributed by atoms with Gasteiger partial charge in [0.15, 0.2) is 0 Å². The first-order valence-corrected chi connectivity index (χ1v) is 7.81. The predicted octanol–water partition coefficient (Wildman–Crippen LogP) is 2.40. The number of nitrogens with one attached hydrogen (secondary N) is 1. The Morgan fingerprint density at radius 3 is 2.52 bits per heavy atom. The molecule has 1 saturated heterocycles. The van der Waals surface area contributed by atoms with Crippen molar-refractivity contribution in [3.05, 3.63) is 54.2 Å². The lowest BCUT2D eigenvalue weighted by Gasteiger charge is -2.42. The molecule has 0 saturated carbocycles. The van der Waals surface area contributed by atoms with E-state index in [4.69, 9.17) is 5.26 Å². The summed E-state index contributed by atoms with van der Waals surface area (Å²) in [6.07, 6.45) is 1.63. The Balaban J connectivity index is 1.69. The van der Waals surface area contributed by atoms with Crippen molar-refractivity contribution in [1.29, 1.82) is 5.26 Å². The summed E-state index contributed by atoms with van der Waals surface area (Å²) in [5, 5.41) is 22.4. The molecule has 1 aliphatic rings. The van der Waals surface area contributed by atoms with Crippen LogP contribution in [0.4, 0.5) is 11.5 Å². The van der Waals surface area contributed by atoms with Crippen LogP contribution in [0, 0.1) is 11.3 Å². The number of nitrogens with zero attached hydrogens (tertiary/aromatic N) is 3. The number of piperidine rings is 1. The monoisotopic (exact) mass is 308 g/mol. The molecule has 5 heteroatoms. The Morgan fingerprint density at radius 1 is 1.13 bits per heavy atom. The molecule has 1 aromatic carbocycles. The minimum atomic E-state index is -0.301. The van der Waals surface area contributed by atoms with Crippen molar-refractivity contribution in [2.24, 2.45) is 0 Å². The van der Waals surface area contributed by atoms with Gasteiger partial charge in [-0.3, -0.25) is 0 Å². The molecule has 1 fully saturated rings. The molecule has 0 aliphatic carbocycles. The zero-order chi connectivity index (χ0) is 16.1. The van der Waals surface area contributed by atoms with Crippen molar-refractivity contribution in [3.8, 4) is 6.07 Å². The van der Waals surface area contributed by atoms with E-state index in [0.717, 1.165) is 37.4 Å². The van der Waals surface area contributed by atoms with Crippen LogP contribution in [0.2, 0.25) is 0 Å². The Morgan fingerprint density at radius 2 is 1.87 bits per heavy atom. The van der Waals surface area contributed by atoms with Crippen LogP contribution in [-0.2, 0) is 0 Å². The lowest BCUT2D eigenvalue weighted by Crippen LogP contribution is -2.52. The zero-order valence-electron chi connectivity index (χ0n) is 12.9. The highest BCUT2D eigenvalue weighted by Gasteiger charge is 2.34. The van der Waals surface area contributed by atoms with Gasteiger partial charge in [-0.25, -0.2) is 4.98 Å². The lowest BCUT2D eigenvalue weighted by atomic mass is 9.88. The number of aromatic nitrogens is 1. The Kier molecular flexibility index (Phi) is 4.45. The molecule has 1 aliphatic heterocycles. The number of hydrogen-bond donors (Lipinski definition) is 2. The number of hydrogen-bond acceptors (Lipinski definition) is 5. The maximum atomic E-state index is 9.90. The highest BCUT2D eigenvalue weighted by Crippen LogP contribution is 2.28. The summed E-state index contributed by atoms with van der Waals surface area (Å²) in [6.45, 7) is 1.69. The van der Waals surface area contributed by atoms with E-state index in [1.807, 2.05) is 42.5 Å². The molecule has 23 heavy (non-hydrogen) atoms. The SMILES string of the molecule is N#Cc1cccc(N2CCC(CO)(Nc3ccccc3)CC2)n1. The Bertz CT molecular complexity index is 688. The Labute approximate surface area is 136 Å². The number of rotatable bonds is 4. The maximum Gasteiger partial charge on any atom is 0.142 e. The predicted molar refractivity (Wildman–Crippen MR) is 90.3 cm³/mol. The van der Waals surface area contributed by atoms with Gasteiger partial charge in [-0.15, -0.1) is 0 Å². The van der Waals surface area contributed by atoms with Crippen LogP contribution >= 0.6 is 0 Å². The highest BCUT2D eigenvalue weighted by atomic mass is 16.3. The van der Waals surface area contributed by atoms with Gasteiger partial charge in [0, 0.05) is 18.8 Å². The molecule has 1 aromatic heterocycles. The van der Waals surface area contributed by atoms with E-state index in [1.54, 1.807) is 6.07 Å². The molecule has 3 rings (SSSR count). The van der Waals surface area contributed by atoms with E-state index in [1.165, 1.54) is 0 Å². The first-order chi connectivity index (χ1) is 11.2. The molecule has 2 aromatic rings. The number of aliphatic hydroxyl groups is 1. The number of nitriles is 1. The molecular weight excluding hydrogens is 288 g/mol. The van der Waals surface area contributed by atoms with Crippen molar-refractivity contribution in [3.63, 3.8) is 0 Å². The van der Waals surface area contributed by atoms with Crippen LogP contribution < -0.4 is 10.2 Å². The largest absolute Gasteiger partial charge is 0.394 e. The minimum absolute atomic E-state index is 0.0986. The van der Waals surface area contributed by atoms with Gasteiger partial charge in [-0.2, -0.15) is 5.26 Å². The van der Waals surface area contributed by atoms with E-state index in [9.17, 15) is 5.11 Å². The van der Waals surface area contributed by atoms with Gasteiger partial charge in [0.2, 0.25) is 0 Å². The smallest absolute Gasteiger partial charge is 0.142 e. The fraction of sp³-hybridized carbons (Fsp3) is 0.333. The third-order valence-electron chi connectivity index (χ3n) is 4.38. The van der Waals surface area contributed by atoms with Crippen LogP contribution in [-0.4, -0.2) is 35.3 Å². The molecule has 5 nitrogen and oxygen atoms in total. The van der Waals surface area contributed by atoms with Gasteiger partial charge in [0.25, 0.3) is 0 Å². The van der Waals surface area contributed by atoms with Crippen LogP contribution in [0.15, 0.2) is 48.5 Å². The molecule has 118 valence electrons. The van der Waals surface area contributed by atoms with Gasteiger partial charge in [0.1, 0.15) is 17.6 Å². The van der Waals surface area contributed by atoms with Gasteiger partial charge in [-0.1, -0.05) is 24.3 Å². The van der Waals surface area contributed by atoms with E-state index in [-0.39, 0.29) is 12.1 Å². The van der Waals surface area contributed by atoms with E-state index >= 15 is 0 Å². The normalized spacial score (nSPS) is 16.6. The number of pyridine rings is 1. The number of para-hydroxylation sites is 1. The number of benzene rings is 1. The van der Waals surface area contributed by atoms with Crippen molar-refractivity contribution in [2.45, 2.75) is 18.4 Å². The standard InChI is InChI=1S/C18H20N4O/c19-13-16-7-4-8-17(20-16)22-11-9-18(14-23,10-12-22)21-15-5-2-1-3-6-15/h1-8,21,23H,9-12,14H2. The second kappa shape index (κ2) is 6.67. The molecule has 2 N–H and O–H groups in total. The third kappa shape index (κ3) is 3.43. The maximum absolute atomic E-state index is 9.90. The molecule has 0 unspecified atom stereocenters. The third-order valence-corrected chi connectivity index (χ3v) is 4.38. The van der Waals surface area contributed by atoms with Crippen LogP contribution in [0.1, 0.15) is 18.5 Å². The molecule has 2 heterocycles. The lowest BCUT2D eigenvalue weighted by molar-refractivity contribution is 0.185. The molecule has 0 spiro atoms. The van der Waals surface area contributed by atoms with Gasteiger partial charge in [0.05, 0.1) is 12.1 Å². The second-order valence-electron chi connectivity index (χ2n) is 5.91. The van der Waals surface area contributed by atoms with Crippen molar-refractivity contribution >= 4 is 11.5 Å². The summed E-state index contributed by atoms with van der Waals surface area (Å²) in [4.78, 5) is 6.52. The van der Waals surface area contributed by atoms with E-state index in [2.05, 4.69) is 21.3 Å². The van der Waals surface area contributed by atoms with Crippen molar-refractivity contribution in [1.82, 2.24) is 4.98 Å². The average Bonchev–Trinajstić information content (AvgIpc) is 2.63. The fourth-order valence-electron chi connectivity index (χ4n) is 2.98. The molecular formula is C18H20N4O. The van der Waals surface area contributed by atoms with Gasteiger partial charge < -0.3 is 15.3 Å². The molecule has 0 radical (unpaired) electrons. The fourth-order valence-corrected chi connectivity index (χ4v) is 2.98. The summed E-state index contributed by atoms with van der Waals surface area (Å²) in [5.74, 6) is 0.829. The molecule has 0 amide bonds. The first-order valence-electron chi connectivity index (χ1n) is 7.81. The summed E-state index contributed by atoms with van der Waals surface area (Å²) < 4.78 is 0. The minimum Gasteiger partial charge on any atom is -0.394 e. The van der Waals surface area contributed by atoms with Gasteiger partial charge in [-0.05, 0) is 37.1 Å². The average molecular weight is 308 g/mol. The topological polar surface area (TPSA) is 72.2 Å². The summed E-state index contributed by atoms with van der Waals surface area (Å²) >= 11 is 0.